The lowest BCUT2D eigenvalue weighted by Gasteiger charge is -2.14. The third kappa shape index (κ3) is 11.4. The minimum atomic E-state index is -0.722. The molecule has 0 aromatic carbocycles. The van der Waals surface area contributed by atoms with Gasteiger partial charge in [0.25, 0.3) is 0 Å². The molecule has 0 bridgehead atoms. The van der Waals surface area contributed by atoms with Gasteiger partial charge < -0.3 is 10.4 Å². The molecular formula is C12H27NO2. The summed E-state index contributed by atoms with van der Waals surface area (Å²) in [5, 5.41) is 11.7. The van der Waals surface area contributed by atoms with Gasteiger partial charge in [0.2, 0.25) is 0 Å². The molecule has 2 N–H and O–H groups in total. The fraction of sp³-hybridized carbons (Fsp3) is 0.917. The number of rotatable bonds is 4. The first kappa shape index (κ1) is 16.8. The molecule has 15 heavy (non-hydrogen) atoms. The zero-order valence-electron chi connectivity index (χ0n) is 11.2. The van der Waals surface area contributed by atoms with Crippen LogP contribution >= 0.6 is 0 Å². The maximum absolute atomic E-state index is 10.3. The van der Waals surface area contributed by atoms with Gasteiger partial charge in [-0.05, 0) is 20.3 Å². The van der Waals surface area contributed by atoms with E-state index in [2.05, 4.69) is 33.0 Å². The molecule has 3 nitrogen and oxygen atoms in total. The zero-order valence-corrected chi connectivity index (χ0v) is 11.2. The molecule has 0 fully saturated rings. The number of carboxylic acids is 1. The highest BCUT2D eigenvalue weighted by molar-refractivity contribution is 5.73. The van der Waals surface area contributed by atoms with E-state index >= 15 is 0 Å². The van der Waals surface area contributed by atoms with Gasteiger partial charge in [0, 0.05) is 12.1 Å². The Labute approximate surface area is 94.3 Å². The Hall–Kier alpha value is -0.570. The molecule has 0 aliphatic rings. The van der Waals surface area contributed by atoms with Crippen molar-refractivity contribution in [3.8, 4) is 0 Å². The first-order valence-corrected chi connectivity index (χ1v) is 5.63. The maximum Gasteiger partial charge on any atom is 0.309 e. The quantitative estimate of drug-likeness (QED) is 0.761. The molecule has 0 aromatic rings. The molecule has 0 atom stereocenters. The Morgan fingerprint density at radius 2 is 1.53 bits per heavy atom. The van der Waals surface area contributed by atoms with Crippen LogP contribution in [0.3, 0.4) is 0 Å². The lowest BCUT2D eigenvalue weighted by molar-refractivity contribution is -0.147. The summed E-state index contributed by atoms with van der Waals surface area (Å²) in [6, 6.07) is 1.25. The van der Waals surface area contributed by atoms with Gasteiger partial charge in [-0.2, -0.15) is 0 Å². The van der Waals surface area contributed by atoms with Crippen LogP contribution in [0.5, 0.6) is 0 Å². The van der Waals surface area contributed by atoms with Gasteiger partial charge in [0.15, 0.2) is 0 Å². The third-order valence-electron chi connectivity index (χ3n) is 2.13. The van der Waals surface area contributed by atoms with Crippen molar-refractivity contribution in [2.75, 3.05) is 0 Å². The molecule has 0 radical (unpaired) electrons. The molecule has 0 aliphatic carbocycles. The van der Waals surface area contributed by atoms with Crippen LogP contribution in [0.1, 0.15) is 54.9 Å². The lowest BCUT2D eigenvalue weighted by Crippen LogP contribution is -2.29. The van der Waals surface area contributed by atoms with E-state index in [0.717, 1.165) is 0 Å². The van der Waals surface area contributed by atoms with Crippen LogP contribution in [0.25, 0.3) is 0 Å². The molecule has 0 saturated heterocycles. The monoisotopic (exact) mass is 217 g/mol. The van der Waals surface area contributed by atoms with Gasteiger partial charge in [-0.3, -0.25) is 4.79 Å². The minimum absolute atomic E-state index is 0.542. The maximum atomic E-state index is 10.3. The fourth-order valence-corrected chi connectivity index (χ4v) is 0.818. The summed E-state index contributed by atoms with van der Waals surface area (Å²) in [6.07, 6.45) is 0.683. The molecular weight excluding hydrogens is 190 g/mol. The Morgan fingerprint density at radius 1 is 1.20 bits per heavy atom. The number of carbonyl (C=O) groups is 1. The van der Waals surface area contributed by atoms with Crippen molar-refractivity contribution in [2.45, 2.75) is 67.0 Å². The number of aliphatic carboxylic acids is 1. The first-order valence-electron chi connectivity index (χ1n) is 5.63. The number of carboxylic acid groups (broad SMARTS) is 1. The second kappa shape index (κ2) is 7.69. The summed E-state index contributed by atoms with van der Waals surface area (Å²) in [5.41, 5.74) is -0.542. The summed E-state index contributed by atoms with van der Waals surface area (Å²) < 4.78 is 0. The standard InChI is InChI=1S/C6H15N.C6H12O2/c1-5(2)7-6(3)4;1-4-6(2,3)5(7)8/h5-7H,1-4H3;4H2,1-3H3,(H,7,8). The largest absolute Gasteiger partial charge is 0.481 e. The molecule has 0 aromatic heterocycles. The highest BCUT2D eigenvalue weighted by Gasteiger charge is 2.23. The SMILES string of the molecule is CC(C)NC(C)C.CCC(C)(C)C(=O)O. The topological polar surface area (TPSA) is 49.3 Å². The van der Waals surface area contributed by atoms with Crippen LogP contribution in [0.15, 0.2) is 0 Å². The van der Waals surface area contributed by atoms with Crippen molar-refractivity contribution >= 4 is 5.97 Å². The Bertz CT molecular complexity index is 168. The van der Waals surface area contributed by atoms with Gasteiger partial charge in [-0.25, -0.2) is 0 Å². The minimum Gasteiger partial charge on any atom is -0.481 e. The number of hydrogen-bond acceptors (Lipinski definition) is 2. The van der Waals surface area contributed by atoms with Gasteiger partial charge in [0.05, 0.1) is 5.41 Å². The summed E-state index contributed by atoms with van der Waals surface area (Å²) in [6.45, 7) is 13.9. The van der Waals surface area contributed by atoms with Gasteiger partial charge in [-0.15, -0.1) is 0 Å². The van der Waals surface area contributed by atoms with Crippen LogP contribution in [-0.2, 0) is 4.79 Å². The third-order valence-corrected chi connectivity index (χ3v) is 2.13. The predicted octanol–water partition coefficient (Wildman–Crippen LogP) is 2.90. The number of nitrogens with one attached hydrogen (secondary N) is 1. The van der Waals surface area contributed by atoms with Crippen LogP contribution in [-0.4, -0.2) is 23.2 Å². The van der Waals surface area contributed by atoms with Crippen LogP contribution in [0.4, 0.5) is 0 Å². The average Bonchev–Trinajstić information content (AvgIpc) is 2.02. The Morgan fingerprint density at radius 3 is 1.53 bits per heavy atom. The van der Waals surface area contributed by atoms with Gasteiger partial charge >= 0.3 is 5.97 Å². The molecule has 0 aliphatic heterocycles. The Kier molecular flexibility index (Phi) is 8.63. The molecule has 0 amide bonds. The second-order valence-corrected chi connectivity index (χ2v) is 5.02. The van der Waals surface area contributed by atoms with E-state index in [1.165, 1.54) is 0 Å². The number of hydrogen-bond donors (Lipinski definition) is 2. The lowest BCUT2D eigenvalue weighted by atomic mass is 9.91. The molecule has 92 valence electrons. The van der Waals surface area contributed by atoms with Gasteiger partial charge in [0.1, 0.15) is 0 Å². The smallest absolute Gasteiger partial charge is 0.309 e. The van der Waals surface area contributed by atoms with Crippen molar-refractivity contribution in [1.29, 1.82) is 0 Å². The first-order chi connectivity index (χ1) is 6.63. The van der Waals surface area contributed by atoms with E-state index in [4.69, 9.17) is 5.11 Å². The van der Waals surface area contributed by atoms with Crippen molar-refractivity contribution in [2.24, 2.45) is 5.41 Å². The highest BCUT2D eigenvalue weighted by atomic mass is 16.4. The zero-order chi connectivity index (χ0) is 12.6. The molecule has 0 saturated carbocycles. The van der Waals surface area contributed by atoms with E-state index < -0.39 is 11.4 Å². The van der Waals surface area contributed by atoms with E-state index in [1.54, 1.807) is 13.8 Å². The van der Waals surface area contributed by atoms with Crippen molar-refractivity contribution in [3.63, 3.8) is 0 Å². The van der Waals surface area contributed by atoms with Crippen molar-refractivity contribution in [1.82, 2.24) is 5.32 Å². The van der Waals surface area contributed by atoms with E-state index in [0.29, 0.717) is 18.5 Å². The van der Waals surface area contributed by atoms with E-state index in [-0.39, 0.29) is 0 Å². The van der Waals surface area contributed by atoms with E-state index in [1.807, 2.05) is 6.92 Å². The van der Waals surface area contributed by atoms with Crippen LogP contribution in [0.2, 0.25) is 0 Å². The predicted molar refractivity (Wildman–Crippen MR) is 65.1 cm³/mol. The van der Waals surface area contributed by atoms with E-state index in [9.17, 15) is 4.79 Å². The van der Waals surface area contributed by atoms with Crippen LogP contribution < -0.4 is 5.32 Å². The highest BCUT2D eigenvalue weighted by Crippen LogP contribution is 2.18. The molecule has 0 heterocycles. The molecule has 0 spiro atoms. The summed E-state index contributed by atoms with van der Waals surface area (Å²) >= 11 is 0. The molecule has 0 unspecified atom stereocenters. The summed E-state index contributed by atoms with van der Waals surface area (Å²) in [7, 11) is 0. The molecule has 0 rings (SSSR count). The molecule has 3 heteroatoms. The average molecular weight is 217 g/mol. The van der Waals surface area contributed by atoms with Crippen LogP contribution in [0, 0.1) is 5.41 Å². The van der Waals surface area contributed by atoms with Crippen molar-refractivity contribution < 1.29 is 9.90 Å². The second-order valence-electron chi connectivity index (χ2n) is 5.02. The summed E-state index contributed by atoms with van der Waals surface area (Å²) in [4.78, 5) is 10.3. The summed E-state index contributed by atoms with van der Waals surface area (Å²) in [5.74, 6) is -0.722. The Balaban J connectivity index is 0. The fourth-order valence-electron chi connectivity index (χ4n) is 0.818. The normalized spacial score (nSPS) is 11.3. The van der Waals surface area contributed by atoms with Crippen molar-refractivity contribution in [3.05, 3.63) is 0 Å². The van der Waals surface area contributed by atoms with Gasteiger partial charge in [-0.1, -0.05) is 34.6 Å².